The van der Waals surface area contributed by atoms with Gasteiger partial charge in [-0.05, 0) is 50.3 Å². The van der Waals surface area contributed by atoms with Gasteiger partial charge in [-0.3, -0.25) is 4.99 Å². The largest absolute Gasteiger partial charge is 0.493 e. The van der Waals surface area contributed by atoms with Gasteiger partial charge in [-0.1, -0.05) is 6.07 Å². The van der Waals surface area contributed by atoms with Crippen LogP contribution in [0.25, 0.3) is 0 Å². The van der Waals surface area contributed by atoms with E-state index in [-0.39, 0.29) is 29.6 Å². The third kappa shape index (κ3) is 6.83. The van der Waals surface area contributed by atoms with Crippen LogP contribution >= 0.6 is 24.0 Å². The van der Waals surface area contributed by atoms with Crippen LogP contribution in [0, 0.1) is 0 Å². The van der Waals surface area contributed by atoms with Gasteiger partial charge < -0.3 is 24.8 Å². The Hall–Kier alpha value is -1.22. The normalized spacial score (nSPS) is 19.6. The molecule has 0 amide bonds. The summed E-state index contributed by atoms with van der Waals surface area (Å²) >= 11 is 0. The summed E-state index contributed by atoms with van der Waals surface area (Å²) in [5, 5.41) is 6.72. The van der Waals surface area contributed by atoms with Crippen molar-refractivity contribution in [2.45, 2.75) is 38.2 Å². The molecule has 26 heavy (non-hydrogen) atoms. The van der Waals surface area contributed by atoms with Gasteiger partial charge in [0.25, 0.3) is 0 Å². The summed E-state index contributed by atoms with van der Waals surface area (Å²) in [7, 11) is 5.10. The number of nitrogens with one attached hydrogen (secondary N) is 2. The molecule has 148 valence electrons. The van der Waals surface area contributed by atoms with E-state index in [0.717, 1.165) is 62.8 Å². The number of ether oxygens (including phenoxy) is 3. The zero-order valence-electron chi connectivity index (χ0n) is 16.3. The number of rotatable bonds is 8. The van der Waals surface area contributed by atoms with Crippen LogP contribution in [0.15, 0.2) is 23.2 Å². The third-order valence-corrected chi connectivity index (χ3v) is 4.54. The molecule has 0 radical (unpaired) electrons. The molecule has 2 N–H and O–H groups in total. The van der Waals surface area contributed by atoms with E-state index in [1.807, 2.05) is 12.1 Å². The van der Waals surface area contributed by atoms with Crippen molar-refractivity contribution in [1.29, 1.82) is 0 Å². The van der Waals surface area contributed by atoms with Crippen LogP contribution in [-0.2, 0) is 11.2 Å². The number of nitrogens with zero attached hydrogens (tertiary/aromatic N) is 1. The summed E-state index contributed by atoms with van der Waals surface area (Å²) < 4.78 is 16.4. The maximum atomic E-state index is 5.79. The van der Waals surface area contributed by atoms with E-state index in [2.05, 4.69) is 28.6 Å². The van der Waals surface area contributed by atoms with E-state index >= 15 is 0 Å². The number of guanidine groups is 1. The van der Waals surface area contributed by atoms with E-state index in [0.29, 0.717) is 0 Å². The lowest BCUT2D eigenvalue weighted by molar-refractivity contribution is 0.0243. The third-order valence-electron chi connectivity index (χ3n) is 4.54. The second-order valence-electron chi connectivity index (χ2n) is 6.55. The zero-order chi connectivity index (χ0) is 18.1. The highest BCUT2D eigenvalue weighted by atomic mass is 127. The van der Waals surface area contributed by atoms with Crippen LogP contribution in [-0.4, -0.2) is 52.5 Å². The number of methoxy groups -OCH3 is 2. The summed E-state index contributed by atoms with van der Waals surface area (Å²) in [4.78, 5) is 4.28. The number of aryl methyl sites for hydroxylation is 1. The number of hydrogen-bond donors (Lipinski definition) is 2. The standard InChI is InChI=1S/C19H31N3O3.HI/c1-19(10-6-12-25-19)14-22-18(20-2)21-11-5-7-15-8-9-16(23-3)17(13-15)24-4;/h8-9,13H,5-7,10-12,14H2,1-4H3,(H2,20,21,22);1H. The number of aliphatic imine (C=N–C) groups is 1. The lowest BCUT2D eigenvalue weighted by atomic mass is 10.0. The van der Waals surface area contributed by atoms with Gasteiger partial charge in [0.2, 0.25) is 0 Å². The van der Waals surface area contributed by atoms with Gasteiger partial charge in [0, 0.05) is 26.7 Å². The SMILES string of the molecule is CN=C(NCCCc1ccc(OC)c(OC)c1)NCC1(C)CCCO1.I. The van der Waals surface area contributed by atoms with Crippen molar-refractivity contribution in [2.24, 2.45) is 4.99 Å². The van der Waals surface area contributed by atoms with Gasteiger partial charge >= 0.3 is 0 Å². The maximum Gasteiger partial charge on any atom is 0.191 e. The second-order valence-corrected chi connectivity index (χ2v) is 6.55. The molecule has 0 aromatic heterocycles. The highest BCUT2D eigenvalue weighted by molar-refractivity contribution is 14.0. The van der Waals surface area contributed by atoms with Crippen molar-refractivity contribution >= 4 is 29.9 Å². The molecular formula is C19H32IN3O3. The van der Waals surface area contributed by atoms with Gasteiger partial charge in [0.1, 0.15) is 0 Å². The predicted molar refractivity (Wildman–Crippen MR) is 116 cm³/mol. The van der Waals surface area contributed by atoms with E-state index in [1.165, 1.54) is 5.56 Å². The lowest BCUT2D eigenvalue weighted by Gasteiger charge is -2.24. The Balaban J connectivity index is 0.00000338. The lowest BCUT2D eigenvalue weighted by Crippen LogP contribution is -2.45. The topological polar surface area (TPSA) is 64.1 Å². The minimum absolute atomic E-state index is 0. The van der Waals surface area contributed by atoms with Gasteiger partial charge in [-0.25, -0.2) is 0 Å². The summed E-state index contributed by atoms with van der Waals surface area (Å²) in [5.74, 6) is 2.36. The summed E-state index contributed by atoms with van der Waals surface area (Å²) in [5.41, 5.74) is 1.16. The molecule has 1 aromatic carbocycles. The van der Waals surface area contributed by atoms with Gasteiger partial charge in [0.05, 0.1) is 19.8 Å². The first-order valence-corrected chi connectivity index (χ1v) is 8.89. The molecule has 2 rings (SSSR count). The van der Waals surface area contributed by atoms with Crippen molar-refractivity contribution < 1.29 is 14.2 Å². The molecule has 1 aromatic rings. The summed E-state index contributed by atoms with van der Waals surface area (Å²) in [6.45, 7) is 4.64. The van der Waals surface area contributed by atoms with Crippen LogP contribution in [0.2, 0.25) is 0 Å². The molecule has 1 aliphatic rings. The first kappa shape index (κ1) is 22.8. The molecule has 1 unspecified atom stereocenters. The summed E-state index contributed by atoms with van der Waals surface area (Å²) in [6.07, 6.45) is 4.20. The highest BCUT2D eigenvalue weighted by Crippen LogP contribution is 2.28. The average molecular weight is 477 g/mol. The van der Waals surface area contributed by atoms with Crippen LogP contribution in [0.4, 0.5) is 0 Å². The monoisotopic (exact) mass is 477 g/mol. The molecule has 1 saturated heterocycles. The molecule has 1 atom stereocenters. The zero-order valence-corrected chi connectivity index (χ0v) is 18.6. The molecule has 7 heteroatoms. The number of halogens is 1. The quantitative estimate of drug-likeness (QED) is 0.261. The first-order valence-electron chi connectivity index (χ1n) is 8.89. The molecule has 1 aliphatic heterocycles. The Morgan fingerprint density at radius 2 is 2.00 bits per heavy atom. The Kier molecular flexibility index (Phi) is 10.1. The van der Waals surface area contributed by atoms with E-state index in [1.54, 1.807) is 21.3 Å². The molecule has 1 fully saturated rings. The van der Waals surface area contributed by atoms with Crippen molar-refractivity contribution in [2.75, 3.05) is 41.0 Å². The van der Waals surface area contributed by atoms with Crippen LogP contribution in [0.5, 0.6) is 11.5 Å². The molecular weight excluding hydrogens is 445 g/mol. The van der Waals surface area contributed by atoms with Gasteiger partial charge in [-0.2, -0.15) is 0 Å². The van der Waals surface area contributed by atoms with E-state index in [9.17, 15) is 0 Å². The minimum Gasteiger partial charge on any atom is -0.493 e. The van der Waals surface area contributed by atoms with E-state index in [4.69, 9.17) is 14.2 Å². The first-order chi connectivity index (χ1) is 12.1. The summed E-state index contributed by atoms with van der Waals surface area (Å²) in [6, 6.07) is 6.06. The molecule has 6 nitrogen and oxygen atoms in total. The van der Waals surface area contributed by atoms with Crippen LogP contribution in [0.1, 0.15) is 31.7 Å². The second kappa shape index (κ2) is 11.5. The van der Waals surface area contributed by atoms with Crippen molar-refractivity contribution in [1.82, 2.24) is 10.6 Å². The predicted octanol–water partition coefficient (Wildman–Crippen LogP) is 2.99. The fraction of sp³-hybridized carbons (Fsp3) is 0.632. The van der Waals surface area contributed by atoms with Gasteiger partial charge in [0.15, 0.2) is 17.5 Å². The molecule has 0 saturated carbocycles. The highest BCUT2D eigenvalue weighted by Gasteiger charge is 2.29. The number of hydrogen-bond acceptors (Lipinski definition) is 4. The van der Waals surface area contributed by atoms with Crippen LogP contribution < -0.4 is 20.1 Å². The molecule has 0 aliphatic carbocycles. The van der Waals surface area contributed by atoms with Crippen molar-refractivity contribution in [3.05, 3.63) is 23.8 Å². The smallest absolute Gasteiger partial charge is 0.191 e. The van der Waals surface area contributed by atoms with Crippen molar-refractivity contribution in [3.8, 4) is 11.5 Å². The Bertz CT molecular complexity index is 575. The number of benzene rings is 1. The maximum absolute atomic E-state index is 5.79. The molecule has 0 bridgehead atoms. The Labute approximate surface area is 174 Å². The van der Waals surface area contributed by atoms with Crippen molar-refractivity contribution in [3.63, 3.8) is 0 Å². The average Bonchev–Trinajstić information content (AvgIpc) is 3.07. The van der Waals surface area contributed by atoms with E-state index < -0.39 is 0 Å². The fourth-order valence-corrected chi connectivity index (χ4v) is 3.00. The Morgan fingerprint density at radius 3 is 2.62 bits per heavy atom. The van der Waals surface area contributed by atoms with Crippen LogP contribution in [0.3, 0.4) is 0 Å². The fourth-order valence-electron chi connectivity index (χ4n) is 3.00. The van der Waals surface area contributed by atoms with Gasteiger partial charge in [-0.15, -0.1) is 24.0 Å². The minimum atomic E-state index is -0.0722. The molecule has 0 spiro atoms. The Morgan fingerprint density at radius 1 is 1.23 bits per heavy atom. The molecule has 1 heterocycles.